The Balaban J connectivity index is 1.94. The van der Waals surface area contributed by atoms with Gasteiger partial charge in [-0.25, -0.2) is 9.07 Å². The molecule has 2 rings (SSSR count). The number of carbonyl (C=O) groups excluding carboxylic acids is 1. The molecule has 21 heavy (non-hydrogen) atoms. The van der Waals surface area contributed by atoms with Crippen LogP contribution in [0.3, 0.4) is 0 Å². The molecule has 1 aromatic heterocycles. The number of likely N-dealkylation sites (N-methyl/N-ethyl adjacent to an activating group) is 1. The maximum atomic E-state index is 13.6. The van der Waals surface area contributed by atoms with E-state index in [1.807, 2.05) is 7.05 Å². The summed E-state index contributed by atoms with van der Waals surface area (Å²) in [5.41, 5.74) is 1.25. The normalized spacial score (nSPS) is 10.6. The van der Waals surface area contributed by atoms with Crippen LogP contribution in [0.2, 0.25) is 0 Å². The second-order valence-electron chi connectivity index (χ2n) is 4.78. The van der Waals surface area contributed by atoms with Gasteiger partial charge in [0, 0.05) is 25.7 Å². The van der Waals surface area contributed by atoms with E-state index < -0.39 is 0 Å². The third-order valence-electron chi connectivity index (χ3n) is 3.03. The van der Waals surface area contributed by atoms with Crippen LogP contribution in [-0.4, -0.2) is 39.9 Å². The molecule has 0 aliphatic rings. The highest BCUT2D eigenvalue weighted by molar-refractivity contribution is 5.75. The summed E-state index contributed by atoms with van der Waals surface area (Å²) in [5.74, 6) is -0.464. The van der Waals surface area contributed by atoms with Gasteiger partial charge in [-0.1, -0.05) is 23.4 Å². The molecule has 0 unspecified atom stereocenters. The van der Waals surface area contributed by atoms with Crippen molar-refractivity contribution in [1.82, 2.24) is 25.2 Å². The van der Waals surface area contributed by atoms with Gasteiger partial charge in [-0.2, -0.15) is 0 Å². The van der Waals surface area contributed by atoms with Gasteiger partial charge in [-0.3, -0.25) is 4.79 Å². The molecule has 6 nitrogen and oxygen atoms in total. The Morgan fingerprint density at radius 2 is 2.19 bits per heavy atom. The molecule has 0 radical (unpaired) electrons. The van der Waals surface area contributed by atoms with Crippen molar-refractivity contribution in [2.75, 3.05) is 14.1 Å². The zero-order valence-corrected chi connectivity index (χ0v) is 12.1. The zero-order valence-electron chi connectivity index (χ0n) is 12.1. The standard InChI is InChI=1S/C14H18FN5O/c1-16-7-12-9-20(18-17-12)10-14(21)19(2)8-11-5-3-4-6-13(11)15/h3-6,9,16H,7-8,10H2,1-2H3. The number of hydrogen-bond donors (Lipinski definition) is 1. The van der Waals surface area contributed by atoms with Crippen LogP contribution in [0.15, 0.2) is 30.5 Å². The minimum atomic E-state index is -0.311. The number of aromatic nitrogens is 3. The molecule has 0 bridgehead atoms. The van der Waals surface area contributed by atoms with Crippen LogP contribution in [0.1, 0.15) is 11.3 Å². The third-order valence-corrected chi connectivity index (χ3v) is 3.03. The lowest BCUT2D eigenvalue weighted by atomic mass is 10.2. The topological polar surface area (TPSA) is 63.1 Å². The Morgan fingerprint density at radius 1 is 1.43 bits per heavy atom. The van der Waals surface area contributed by atoms with Gasteiger partial charge >= 0.3 is 0 Å². The van der Waals surface area contributed by atoms with Crippen LogP contribution in [-0.2, 0) is 24.4 Å². The highest BCUT2D eigenvalue weighted by atomic mass is 19.1. The quantitative estimate of drug-likeness (QED) is 0.855. The van der Waals surface area contributed by atoms with Gasteiger partial charge in [0.2, 0.25) is 5.91 Å². The molecule has 0 aliphatic heterocycles. The van der Waals surface area contributed by atoms with E-state index in [1.54, 1.807) is 31.4 Å². The number of benzene rings is 1. The summed E-state index contributed by atoms with van der Waals surface area (Å²) in [6, 6.07) is 6.42. The Kier molecular flexibility index (Phi) is 4.99. The van der Waals surface area contributed by atoms with Crippen molar-refractivity contribution in [1.29, 1.82) is 0 Å². The monoisotopic (exact) mass is 291 g/mol. The highest BCUT2D eigenvalue weighted by Gasteiger charge is 2.13. The summed E-state index contributed by atoms with van der Waals surface area (Å²) in [5, 5.41) is 10.8. The summed E-state index contributed by atoms with van der Waals surface area (Å²) in [4.78, 5) is 13.6. The molecule has 2 aromatic rings. The van der Waals surface area contributed by atoms with Crippen molar-refractivity contribution in [3.05, 3.63) is 47.5 Å². The fraction of sp³-hybridized carbons (Fsp3) is 0.357. The summed E-state index contributed by atoms with van der Waals surface area (Å²) in [7, 11) is 3.45. The van der Waals surface area contributed by atoms with E-state index in [9.17, 15) is 9.18 Å². The van der Waals surface area contributed by atoms with E-state index in [4.69, 9.17) is 0 Å². The summed E-state index contributed by atoms with van der Waals surface area (Å²) >= 11 is 0. The van der Waals surface area contributed by atoms with Gasteiger partial charge in [0.05, 0.1) is 11.9 Å². The molecule has 0 fully saturated rings. The van der Waals surface area contributed by atoms with Crippen LogP contribution < -0.4 is 5.32 Å². The molecule has 1 heterocycles. The van der Waals surface area contributed by atoms with Gasteiger partial charge in [0.25, 0.3) is 0 Å². The molecule has 0 aliphatic carbocycles. The molecule has 112 valence electrons. The Hall–Kier alpha value is -2.28. The SMILES string of the molecule is CNCc1cn(CC(=O)N(C)Cc2ccccc2F)nn1. The summed E-state index contributed by atoms with van der Waals surface area (Å²) in [6.45, 7) is 0.907. The second-order valence-corrected chi connectivity index (χ2v) is 4.78. The molecular weight excluding hydrogens is 273 g/mol. The van der Waals surface area contributed by atoms with E-state index in [2.05, 4.69) is 15.6 Å². The first kappa shape index (κ1) is 15.1. The molecule has 0 saturated carbocycles. The lowest BCUT2D eigenvalue weighted by Crippen LogP contribution is -2.30. The van der Waals surface area contributed by atoms with Gasteiger partial charge in [0.15, 0.2) is 0 Å². The molecule has 1 N–H and O–H groups in total. The number of hydrogen-bond acceptors (Lipinski definition) is 4. The van der Waals surface area contributed by atoms with Gasteiger partial charge in [-0.15, -0.1) is 5.10 Å². The minimum absolute atomic E-state index is 0.0850. The van der Waals surface area contributed by atoms with Gasteiger partial charge in [0.1, 0.15) is 12.4 Å². The highest BCUT2D eigenvalue weighted by Crippen LogP contribution is 2.09. The second kappa shape index (κ2) is 6.94. The number of nitrogens with zero attached hydrogens (tertiary/aromatic N) is 4. The van der Waals surface area contributed by atoms with Crippen LogP contribution in [0.25, 0.3) is 0 Å². The predicted molar refractivity (Wildman–Crippen MR) is 75.7 cm³/mol. The van der Waals surface area contributed by atoms with Crippen LogP contribution in [0.4, 0.5) is 4.39 Å². The van der Waals surface area contributed by atoms with Crippen LogP contribution in [0.5, 0.6) is 0 Å². The van der Waals surface area contributed by atoms with Crippen molar-refractivity contribution in [3.8, 4) is 0 Å². The molecule has 0 spiro atoms. The number of amides is 1. The first-order valence-corrected chi connectivity index (χ1v) is 6.61. The smallest absolute Gasteiger partial charge is 0.244 e. The lowest BCUT2D eigenvalue weighted by molar-refractivity contribution is -0.131. The summed E-state index contributed by atoms with van der Waals surface area (Å²) < 4.78 is 15.0. The van der Waals surface area contributed by atoms with E-state index in [-0.39, 0.29) is 24.8 Å². The fourth-order valence-corrected chi connectivity index (χ4v) is 1.91. The van der Waals surface area contributed by atoms with E-state index in [0.717, 1.165) is 5.69 Å². The first-order chi connectivity index (χ1) is 10.1. The van der Waals surface area contributed by atoms with Crippen molar-refractivity contribution < 1.29 is 9.18 Å². The van der Waals surface area contributed by atoms with Crippen molar-refractivity contribution in [2.24, 2.45) is 0 Å². The molecule has 0 saturated heterocycles. The molecule has 1 amide bonds. The van der Waals surface area contributed by atoms with E-state index >= 15 is 0 Å². The summed E-state index contributed by atoms with van der Waals surface area (Å²) in [6.07, 6.45) is 1.71. The molecule has 0 atom stereocenters. The Bertz CT molecular complexity index is 613. The number of carbonyl (C=O) groups is 1. The van der Waals surface area contributed by atoms with Crippen molar-refractivity contribution in [2.45, 2.75) is 19.6 Å². The Labute approximate surface area is 122 Å². The largest absolute Gasteiger partial charge is 0.340 e. The fourth-order valence-electron chi connectivity index (χ4n) is 1.91. The predicted octanol–water partition coefficient (Wildman–Crippen LogP) is 0.795. The lowest BCUT2D eigenvalue weighted by Gasteiger charge is -2.17. The zero-order chi connectivity index (χ0) is 15.2. The first-order valence-electron chi connectivity index (χ1n) is 6.61. The number of rotatable bonds is 6. The minimum Gasteiger partial charge on any atom is -0.340 e. The Morgan fingerprint density at radius 3 is 2.90 bits per heavy atom. The molecular formula is C14H18FN5O. The maximum absolute atomic E-state index is 13.6. The van der Waals surface area contributed by atoms with E-state index in [0.29, 0.717) is 12.1 Å². The van der Waals surface area contributed by atoms with E-state index in [1.165, 1.54) is 15.6 Å². The van der Waals surface area contributed by atoms with Crippen LogP contribution in [0, 0.1) is 5.82 Å². The van der Waals surface area contributed by atoms with Gasteiger partial charge in [-0.05, 0) is 13.1 Å². The molecule has 7 heteroatoms. The van der Waals surface area contributed by atoms with Gasteiger partial charge < -0.3 is 10.2 Å². The third kappa shape index (κ3) is 4.09. The van der Waals surface area contributed by atoms with Crippen molar-refractivity contribution in [3.63, 3.8) is 0 Å². The average Bonchev–Trinajstić information content (AvgIpc) is 2.89. The number of nitrogens with one attached hydrogen (secondary N) is 1. The maximum Gasteiger partial charge on any atom is 0.244 e. The van der Waals surface area contributed by atoms with Crippen LogP contribution >= 0.6 is 0 Å². The molecule has 1 aromatic carbocycles. The number of halogens is 1. The average molecular weight is 291 g/mol. The van der Waals surface area contributed by atoms with Crippen molar-refractivity contribution >= 4 is 5.91 Å².